The molecule has 0 aromatic heterocycles. The fourth-order valence-electron chi connectivity index (χ4n) is 7.88. The van der Waals surface area contributed by atoms with Crippen LogP contribution in [0.4, 0.5) is 0 Å². The van der Waals surface area contributed by atoms with Gasteiger partial charge in [0.05, 0.1) is 18.3 Å². The normalized spacial score (nSPS) is 59.8. The molecule has 0 aromatic carbocycles. The van der Waals surface area contributed by atoms with Crippen molar-refractivity contribution in [2.45, 2.75) is 70.7 Å². The first-order valence-corrected chi connectivity index (χ1v) is 9.54. The molecule has 0 radical (unpaired) electrons. The second-order valence-electron chi connectivity index (χ2n) is 9.74. The largest absolute Gasteiger partial charge is 0.396 e. The van der Waals surface area contributed by atoms with Crippen LogP contribution in [0, 0.1) is 34.0 Å². The van der Waals surface area contributed by atoms with Crippen molar-refractivity contribution in [3.8, 4) is 0 Å². The first-order valence-electron chi connectivity index (χ1n) is 9.54. The third-order valence-electron chi connectivity index (χ3n) is 8.72. The zero-order chi connectivity index (χ0) is 17.5. The minimum Gasteiger partial charge on any atom is -0.396 e. The summed E-state index contributed by atoms with van der Waals surface area (Å²) in [6, 6.07) is 0. The number of hydrogen-bond acceptors (Lipinski definition) is 4. The monoisotopic (exact) mass is 336 g/mol. The number of hydrogen-bond donors (Lipinski definition) is 4. The van der Waals surface area contributed by atoms with Gasteiger partial charge in [0.25, 0.3) is 0 Å². The lowest BCUT2D eigenvalue weighted by molar-refractivity contribution is -0.226. The van der Waals surface area contributed by atoms with Gasteiger partial charge in [0, 0.05) is 17.9 Å². The number of rotatable bonds is 1. The Kier molecular flexibility index (Phi) is 3.59. The van der Waals surface area contributed by atoms with Crippen molar-refractivity contribution in [3.63, 3.8) is 0 Å². The molecule has 0 unspecified atom stereocenters. The van der Waals surface area contributed by atoms with Gasteiger partial charge in [-0.1, -0.05) is 20.4 Å². The van der Waals surface area contributed by atoms with Gasteiger partial charge >= 0.3 is 0 Å². The van der Waals surface area contributed by atoms with E-state index in [0.29, 0.717) is 18.8 Å². The number of fused-ring (bicyclic) bond motifs is 3. The summed E-state index contributed by atoms with van der Waals surface area (Å²) in [5.41, 5.74) is -0.131. The minimum atomic E-state index is -0.637. The van der Waals surface area contributed by atoms with Gasteiger partial charge in [0.1, 0.15) is 0 Å². The smallest absolute Gasteiger partial charge is 0.0835 e. The molecular weight excluding hydrogens is 304 g/mol. The average molecular weight is 336 g/mol. The Balaban J connectivity index is 1.81. The predicted molar refractivity (Wildman–Crippen MR) is 91.1 cm³/mol. The molecule has 2 bridgehead atoms. The molecule has 24 heavy (non-hydrogen) atoms. The van der Waals surface area contributed by atoms with E-state index in [1.54, 1.807) is 0 Å². The third-order valence-corrected chi connectivity index (χ3v) is 8.72. The molecule has 0 aliphatic heterocycles. The molecule has 9 atom stereocenters. The van der Waals surface area contributed by atoms with Crippen LogP contribution in [0.15, 0.2) is 12.2 Å². The van der Waals surface area contributed by atoms with E-state index in [-0.39, 0.29) is 29.3 Å². The van der Waals surface area contributed by atoms with E-state index in [4.69, 9.17) is 0 Å². The molecule has 1 spiro atoms. The van der Waals surface area contributed by atoms with E-state index in [0.717, 1.165) is 31.3 Å². The molecule has 4 N–H and O–H groups in total. The van der Waals surface area contributed by atoms with Crippen LogP contribution in [0.1, 0.15) is 52.4 Å². The lowest BCUT2D eigenvalue weighted by Crippen LogP contribution is -2.64. The molecule has 0 heterocycles. The molecule has 4 rings (SSSR count). The molecule has 4 nitrogen and oxygen atoms in total. The minimum absolute atomic E-state index is 0.0224. The quantitative estimate of drug-likeness (QED) is 0.551. The maximum absolute atomic E-state index is 11.1. The summed E-state index contributed by atoms with van der Waals surface area (Å²) in [6.07, 6.45) is 3.30. The lowest BCUT2D eigenvalue weighted by atomic mass is 9.40. The van der Waals surface area contributed by atoms with Crippen LogP contribution < -0.4 is 0 Å². The van der Waals surface area contributed by atoms with Gasteiger partial charge in [0.2, 0.25) is 0 Å². The molecule has 0 amide bonds. The van der Waals surface area contributed by atoms with E-state index in [2.05, 4.69) is 20.4 Å². The SMILES string of the molecule is C=C1[C@@H]2CC[C@H]3[C@]4(C)C[C@H](O)C[C@](C)(CO)[C@H]4CC[C@]3([C@@H]2O)[C@H]1O. The molecule has 4 fully saturated rings. The van der Waals surface area contributed by atoms with E-state index >= 15 is 0 Å². The van der Waals surface area contributed by atoms with Crippen molar-refractivity contribution in [2.75, 3.05) is 6.61 Å². The summed E-state index contributed by atoms with van der Waals surface area (Å²) in [5, 5.41) is 42.7. The summed E-state index contributed by atoms with van der Waals surface area (Å²) in [6.45, 7) is 8.53. The molecule has 4 saturated carbocycles. The van der Waals surface area contributed by atoms with Crippen molar-refractivity contribution in [1.29, 1.82) is 0 Å². The zero-order valence-corrected chi connectivity index (χ0v) is 14.9. The van der Waals surface area contributed by atoms with Crippen LogP contribution >= 0.6 is 0 Å². The summed E-state index contributed by atoms with van der Waals surface area (Å²) < 4.78 is 0. The summed E-state index contributed by atoms with van der Waals surface area (Å²) in [4.78, 5) is 0. The van der Waals surface area contributed by atoms with Crippen molar-refractivity contribution < 1.29 is 20.4 Å². The second-order valence-corrected chi connectivity index (χ2v) is 9.74. The van der Waals surface area contributed by atoms with Crippen LogP contribution in [0.5, 0.6) is 0 Å². The van der Waals surface area contributed by atoms with Gasteiger partial charge in [-0.25, -0.2) is 0 Å². The standard InChI is InChI=1S/C20H32O4/c1-11-13-4-5-15-19(3)9-12(22)8-18(2,10-21)14(19)6-7-20(15,16(11)23)17(13)24/h12-17,21-24H,1,4-10H2,2-3H3/t12-,13+,14-,15+,16+,17-,18-,19-,20-/m1/s1. The topological polar surface area (TPSA) is 80.9 Å². The van der Waals surface area contributed by atoms with E-state index < -0.39 is 23.7 Å². The van der Waals surface area contributed by atoms with Gasteiger partial charge in [-0.15, -0.1) is 0 Å². The molecule has 136 valence electrons. The number of aliphatic hydroxyl groups excluding tert-OH is 4. The third kappa shape index (κ3) is 1.78. The second kappa shape index (κ2) is 5.06. The van der Waals surface area contributed by atoms with Crippen LogP contribution in [0.2, 0.25) is 0 Å². The number of aliphatic hydroxyl groups is 4. The van der Waals surface area contributed by atoms with Gasteiger partial charge in [-0.3, -0.25) is 0 Å². The van der Waals surface area contributed by atoms with Crippen LogP contribution in [0.25, 0.3) is 0 Å². The Hall–Kier alpha value is -0.420. The van der Waals surface area contributed by atoms with Gasteiger partial charge in [-0.05, 0) is 66.8 Å². The zero-order valence-electron chi connectivity index (χ0n) is 14.9. The highest BCUT2D eigenvalue weighted by Gasteiger charge is 2.70. The highest BCUT2D eigenvalue weighted by Crippen LogP contribution is 2.71. The van der Waals surface area contributed by atoms with Crippen LogP contribution in [0.3, 0.4) is 0 Å². The van der Waals surface area contributed by atoms with Crippen molar-refractivity contribution in [1.82, 2.24) is 0 Å². The fourth-order valence-corrected chi connectivity index (χ4v) is 7.88. The van der Waals surface area contributed by atoms with E-state index in [1.165, 1.54) is 0 Å². The molecule has 0 saturated heterocycles. The predicted octanol–water partition coefficient (Wildman–Crippen LogP) is 1.86. The highest BCUT2D eigenvalue weighted by molar-refractivity contribution is 5.31. The first kappa shape index (κ1) is 17.0. The molecule has 4 heteroatoms. The van der Waals surface area contributed by atoms with Crippen LogP contribution in [-0.2, 0) is 0 Å². The Labute approximate surface area is 144 Å². The van der Waals surface area contributed by atoms with Crippen molar-refractivity contribution in [3.05, 3.63) is 12.2 Å². The molecule has 4 aliphatic rings. The van der Waals surface area contributed by atoms with Crippen molar-refractivity contribution >= 4 is 0 Å². The fraction of sp³-hybridized carbons (Fsp3) is 0.900. The Morgan fingerprint density at radius 3 is 2.42 bits per heavy atom. The van der Waals surface area contributed by atoms with Gasteiger partial charge < -0.3 is 20.4 Å². The first-order chi connectivity index (χ1) is 11.2. The maximum atomic E-state index is 11.1. The molecule has 0 aromatic rings. The molecular formula is C20H32O4. The molecule has 4 aliphatic carbocycles. The van der Waals surface area contributed by atoms with Crippen molar-refractivity contribution in [2.24, 2.45) is 34.0 Å². The lowest BCUT2D eigenvalue weighted by Gasteiger charge is -2.65. The Bertz CT molecular complexity index is 562. The van der Waals surface area contributed by atoms with E-state index in [1.807, 2.05) is 0 Å². The highest BCUT2D eigenvalue weighted by atomic mass is 16.3. The Morgan fingerprint density at radius 1 is 1.04 bits per heavy atom. The van der Waals surface area contributed by atoms with Gasteiger partial charge in [0.15, 0.2) is 0 Å². The summed E-state index contributed by atoms with van der Waals surface area (Å²) in [5.74, 6) is 0.512. The Morgan fingerprint density at radius 2 is 1.75 bits per heavy atom. The average Bonchev–Trinajstić information content (AvgIpc) is 2.63. The maximum Gasteiger partial charge on any atom is 0.0835 e. The van der Waals surface area contributed by atoms with Crippen LogP contribution in [-0.4, -0.2) is 45.3 Å². The summed E-state index contributed by atoms with van der Waals surface area (Å²) in [7, 11) is 0. The van der Waals surface area contributed by atoms with E-state index in [9.17, 15) is 20.4 Å². The van der Waals surface area contributed by atoms with Gasteiger partial charge in [-0.2, -0.15) is 0 Å². The summed E-state index contributed by atoms with van der Waals surface area (Å²) >= 11 is 0.